The molecule has 19 heavy (non-hydrogen) atoms. The van der Waals surface area contributed by atoms with E-state index < -0.39 is 4.08 Å². The second-order valence-electron chi connectivity index (χ2n) is 4.33. The molecule has 0 bridgehead atoms. The summed E-state index contributed by atoms with van der Waals surface area (Å²) in [5, 5.41) is 0. The molecule has 2 aromatic carbocycles. The second kappa shape index (κ2) is 4.94. The van der Waals surface area contributed by atoms with Crippen LogP contribution in [0.15, 0.2) is 60.7 Å². The van der Waals surface area contributed by atoms with E-state index in [1.165, 1.54) is 5.56 Å². The lowest BCUT2D eigenvalue weighted by atomic mass is 10.1. The van der Waals surface area contributed by atoms with Gasteiger partial charge in [-0.15, -0.1) is 23.5 Å². The molecule has 0 aromatic heterocycles. The van der Waals surface area contributed by atoms with E-state index in [1.54, 1.807) is 23.5 Å². The Morgan fingerprint density at radius 3 is 2.00 bits per heavy atom. The molecular weight excluding hydrogens is 274 g/mol. The fourth-order valence-electron chi connectivity index (χ4n) is 2.11. The third-order valence-electron chi connectivity index (χ3n) is 3.10. The van der Waals surface area contributed by atoms with Crippen molar-refractivity contribution in [3.63, 3.8) is 0 Å². The van der Waals surface area contributed by atoms with Crippen molar-refractivity contribution in [1.29, 1.82) is 0 Å². The van der Waals surface area contributed by atoms with Crippen LogP contribution in [0.4, 0.5) is 0 Å². The van der Waals surface area contributed by atoms with Crippen molar-refractivity contribution in [3.8, 4) is 0 Å². The SMILES string of the molecule is NC(=O)C1(c2ccccc2)SC(c2ccccc2)S1. The van der Waals surface area contributed by atoms with Crippen LogP contribution in [0.2, 0.25) is 0 Å². The molecule has 1 amide bonds. The molecule has 4 heteroatoms. The van der Waals surface area contributed by atoms with Gasteiger partial charge in [-0.2, -0.15) is 0 Å². The van der Waals surface area contributed by atoms with Crippen LogP contribution in [-0.2, 0) is 8.87 Å². The van der Waals surface area contributed by atoms with E-state index in [0.29, 0.717) is 0 Å². The standard InChI is InChI=1S/C15H13NOS2/c16-14(17)15(12-9-5-2-6-10-12)18-13(19-15)11-7-3-1-4-8-11/h1-10,13H,(H2,16,17). The number of hydrogen-bond donors (Lipinski definition) is 1. The van der Waals surface area contributed by atoms with Gasteiger partial charge in [-0.1, -0.05) is 60.7 Å². The average molecular weight is 287 g/mol. The Hall–Kier alpha value is -1.39. The van der Waals surface area contributed by atoms with Crippen molar-refractivity contribution in [2.75, 3.05) is 0 Å². The number of primary amides is 1. The third kappa shape index (κ3) is 2.15. The van der Waals surface area contributed by atoms with Crippen LogP contribution in [0.3, 0.4) is 0 Å². The molecule has 0 spiro atoms. The number of carbonyl (C=O) groups excluding carboxylic acids is 1. The van der Waals surface area contributed by atoms with Gasteiger partial charge in [-0.3, -0.25) is 4.79 Å². The van der Waals surface area contributed by atoms with Crippen LogP contribution in [0.1, 0.15) is 15.7 Å². The first-order valence-corrected chi connectivity index (χ1v) is 7.74. The maximum absolute atomic E-state index is 11.9. The van der Waals surface area contributed by atoms with Crippen LogP contribution >= 0.6 is 23.5 Å². The summed E-state index contributed by atoms with van der Waals surface area (Å²) in [6.45, 7) is 0. The number of benzene rings is 2. The molecule has 2 aromatic rings. The Balaban J connectivity index is 1.87. The normalized spacial score (nSPS) is 25.6. The lowest BCUT2D eigenvalue weighted by molar-refractivity contribution is -0.118. The van der Waals surface area contributed by atoms with Gasteiger partial charge in [0.05, 0.1) is 4.58 Å². The summed E-state index contributed by atoms with van der Waals surface area (Å²) in [5.41, 5.74) is 7.83. The van der Waals surface area contributed by atoms with Crippen LogP contribution < -0.4 is 5.73 Å². The molecule has 2 N–H and O–H groups in total. The summed E-state index contributed by atoms with van der Waals surface area (Å²) < 4.78 is -0.365. The highest BCUT2D eigenvalue weighted by atomic mass is 32.3. The molecule has 0 atom stereocenters. The highest BCUT2D eigenvalue weighted by Gasteiger charge is 2.52. The van der Waals surface area contributed by atoms with E-state index in [4.69, 9.17) is 5.73 Å². The number of carbonyl (C=O) groups is 1. The van der Waals surface area contributed by atoms with Gasteiger partial charge in [-0.05, 0) is 11.1 Å². The van der Waals surface area contributed by atoms with E-state index in [0.717, 1.165) is 5.56 Å². The van der Waals surface area contributed by atoms with Gasteiger partial charge < -0.3 is 5.73 Å². The molecule has 2 nitrogen and oxygen atoms in total. The summed E-state index contributed by atoms with van der Waals surface area (Å²) in [5.74, 6) is -0.277. The summed E-state index contributed by atoms with van der Waals surface area (Å²) in [7, 11) is 0. The first-order chi connectivity index (χ1) is 9.22. The number of amides is 1. The third-order valence-corrected chi connectivity index (χ3v) is 6.76. The van der Waals surface area contributed by atoms with E-state index in [1.807, 2.05) is 48.5 Å². The number of rotatable bonds is 3. The van der Waals surface area contributed by atoms with Crippen molar-refractivity contribution in [2.45, 2.75) is 8.66 Å². The molecular formula is C15H13NOS2. The van der Waals surface area contributed by atoms with Gasteiger partial charge >= 0.3 is 0 Å². The van der Waals surface area contributed by atoms with Gasteiger partial charge in [0.1, 0.15) is 0 Å². The topological polar surface area (TPSA) is 43.1 Å². The molecule has 1 fully saturated rings. The molecule has 0 unspecified atom stereocenters. The van der Waals surface area contributed by atoms with Crippen LogP contribution in [0.5, 0.6) is 0 Å². The zero-order valence-electron chi connectivity index (χ0n) is 10.2. The zero-order valence-corrected chi connectivity index (χ0v) is 11.8. The Kier molecular flexibility index (Phi) is 3.29. The van der Waals surface area contributed by atoms with Crippen LogP contribution in [0.25, 0.3) is 0 Å². The van der Waals surface area contributed by atoms with E-state index in [2.05, 4.69) is 12.1 Å². The molecule has 3 rings (SSSR count). The largest absolute Gasteiger partial charge is 0.367 e. The number of hydrogen-bond acceptors (Lipinski definition) is 3. The molecule has 0 saturated carbocycles. The maximum Gasteiger partial charge on any atom is 0.248 e. The minimum Gasteiger partial charge on any atom is -0.367 e. The molecule has 1 saturated heterocycles. The summed E-state index contributed by atoms with van der Waals surface area (Å²) >= 11 is 3.25. The van der Waals surface area contributed by atoms with E-state index in [9.17, 15) is 4.79 Å². The smallest absolute Gasteiger partial charge is 0.248 e. The Bertz CT molecular complexity index is 580. The maximum atomic E-state index is 11.9. The van der Waals surface area contributed by atoms with Gasteiger partial charge in [0, 0.05) is 0 Å². The highest BCUT2D eigenvalue weighted by Crippen LogP contribution is 2.69. The van der Waals surface area contributed by atoms with Crippen molar-refractivity contribution in [2.24, 2.45) is 5.73 Å². The van der Waals surface area contributed by atoms with Crippen molar-refractivity contribution < 1.29 is 4.79 Å². The highest BCUT2D eigenvalue weighted by molar-refractivity contribution is 8.34. The van der Waals surface area contributed by atoms with Crippen LogP contribution in [0, 0.1) is 0 Å². The van der Waals surface area contributed by atoms with Gasteiger partial charge in [-0.25, -0.2) is 0 Å². The van der Waals surface area contributed by atoms with Crippen LogP contribution in [-0.4, -0.2) is 5.91 Å². The number of nitrogens with two attached hydrogens (primary N) is 1. The minimum atomic E-state index is -0.637. The van der Waals surface area contributed by atoms with Crippen molar-refractivity contribution in [1.82, 2.24) is 0 Å². The fourth-order valence-corrected chi connectivity index (χ4v) is 5.25. The van der Waals surface area contributed by atoms with E-state index >= 15 is 0 Å². The lowest BCUT2D eigenvalue weighted by Crippen LogP contribution is -2.41. The Morgan fingerprint density at radius 2 is 1.47 bits per heavy atom. The first-order valence-electron chi connectivity index (χ1n) is 5.98. The molecule has 1 aliphatic heterocycles. The fraction of sp³-hybridized carbons (Fsp3) is 0.133. The molecule has 1 heterocycles. The van der Waals surface area contributed by atoms with Crippen molar-refractivity contribution in [3.05, 3.63) is 71.8 Å². The Morgan fingerprint density at radius 1 is 0.947 bits per heavy atom. The van der Waals surface area contributed by atoms with E-state index in [-0.39, 0.29) is 10.5 Å². The van der Waals surface area contributed by atoms with Gasteiger partial charge in [0.2, 0.25) is 5.91 Å². The first kappa shape index (κ1) is 12.6. The molecule has 1 aliphatic rings. The minimum absolute atomic E-state index is 0.272. The van der Waals surface area contributed by atoms with Gasteiger partial charge in [0.25, 0.3) is 0 Å². The predicted molar refractivity (Wildman–Crippen MR) is 81.7 cm³/mol. The predicted octanol–water partition coefficient (Wildman–Crippen LogP) is 3.50. The average Bonchev–Trinajstić information content (AvgIpc) is 2.40. The lowest BCUT2D eigenvalue weighted by Gasteiger charge is -2.44. The Labute approximate surface area is 120 Å². The van der Waals surface area contributed by atoms with Gasteiger partial charge in [0.15, 0.2) is 4.08 Å². The zero-order chi connectivity index (χ0) is 13.3. The molecule has 96 valence electrons. The number of thioether (sulfide) groups is 2. The summed E-state index contributed by atoms with van der Waals surface area (Å²) in [6.07, 6.45) is 0. The molecule has 0 radical (unpaired) electrons. The summed E-state index contributed by atoms with van der Waals surface area (Å²) in [4.78, 5) is 11.9. The molecule has 0 aliphatic carbocycles. The quantitative estimate of drug-likeness (QED) is 0.939. The monoisotopic (exact) mass is 287 g/mol. The second-order valence-corrected chi connectivity index (χ2v) is 7.52. The van der Waals surface area contributed by atoms with Crippen molar-refractivity contribution >= 4 is 29.4 Å². The summed E-state index contributed by atoms with van der Waals surface area (Å²) in [6, 6.07) is 20.0.